The molecule has 3 heterocycles. The number of hydrogen-bond donors (Lipinski definition) is 1. The van der Waals surface area contributed by atoms with E-state index in [0.717, 1.165) is 37.9 Å². The lowest BCUT2D eigenvalue weighted by atomic mass is 9.99. The summed E-state index contributed by atoms with van der Waals surface area (Å²) in [5.74, 6) is 0.600. The van der Waals surface area contributed by atoms with E-state index in [-0.39, 0.29) is 23.8 Å². The molecule has 0 saturated carbocycles. The van der Waals surface area contributed by atoms with E-state index >= 15 is 0 Å². The van der Waals surface area contributed by atoms with Crippen molar-refractivity contribution in [3.05, 3.63) is 17.5 Å². The molecule has 1 aromatic rings. The number of likely N-dealkylation sites (tertiary alicyclic amines) is 1. The molecule has 2 atom stereocenters. The topological polar surface area (TPSA) is 75.4 Å². The monoisotopic (exact) mass is 291 g/mol. The van der Waals surface area contributed by atoms with E-state index in [1.807, 2.05) is 0 Å². The van der Waals surface area contributed by atoms with Crippen molar-refractivity contribution in [3.63, 3.8) is 0 Å². The summed E-state index contributed by atoms with van der Waals surface area (Å²) in [6, 6.07) is 1.79. The number of amides is 2. The molecule has 2 amide bonds. The standard InChI is InChI=1S/C15H21N3O3/c1-2-4-12-7-13(17-21-12)15(20)18-8-10-5-3-6-11(9-18)16-14(10)19/h7,10-11H,2-6,8-9H2,1H3,(H,16,19)/t10-,11-/m0/s1. The summed E-state index contributed by atoms with van der Waals surface area (Å²) < 4.78 is 5.18. The Balaban J connectivity index is 1.76. The summed E-state index contributed by atoms with van der Waals surface area (Å²) >= 11 is 0. The maximum Gasteiger partial charge on any atom is 0.276 e. The summed E-state index contributed by atoms with van der Waals surface area (Å²) in [4.78, 5) is 26.3. The van der Waals surface area contributed by atoms with E-state index in [0.29, 0.717) is 18.8 Å². The van der Waals surface area contributed by atoms with Crippen molar-refractivity contribution in [2.24, 2.45) is 5.92 Å². The van der Waals surface area contributed by atoms with Crippen LogP contribution in [0.15, 0.2) is 10.6 Å². The maximum atomic E-state index is 12.6. The van der Waals surface area contributed by atoms with Gasteiger partial charge in [-0.15, -0.1) is 0 Å². The van der Waals surface area contributed by atoms with Crippen molar-refractivity contribution >= 4 is 11.8 Å². The van der Waals surface area contributed by atoms with Crippen LogP contribution in [0.4, 0.5) is 0 Å². The Labute approximate surface area is 123 Å². The van der Waals surface area contributed by atoms with Crippen molar-refractivity contribution in [2.45, 2.75) is 45.1 Å². The van der Waals surface area contributed by atoms with Crippen molar-refractivity contribution in [2.75, 3.05) is 13.1 Å². The van der Waals surface area contributed by atoms with Crippen LogP contribution >= 0.6 is 0 Å². The molecule has 1 N–H and O–H groups in total. The van der Waals surface area contributed by atoms with E-state index in [1.165, 1.54) is 0 Å². The number of carbonyl (C=O) groups excluding carboxylic acids is 2. The zero-order chi connectivity index (χ0) is 14.8. The highest BCUT2D eigenvalue weighted by molar-refractivity contribution is 5.93. The number of aryl methyl sites for hydroxylation is 1. The second-order valence-electron chi connectivity index (χ2n) is 5.97. The second-order valence-corrected chi connectivity index (χ2v) is 5.97. The van der Waals surface area contributed by atoms with Crippen molar-refractivity contribution in [3.8, 4) is 0 Å². The van der Waals surface area contributed by atoms with E-state index in [1.54, 1.807) is 11.0 Å². The predicted molar refractivity (Wildman–Crippen MR) is 75.7 cm³/mol. The molecule has 21 heavy (non-hydrogen) atoms. The molecule has 0 radical (unpaired) electrons. The SMILES string of the molecule is CCCc1cc(C(=O)N2C[C@@H]3CCC[C@@H](C2)C(=O)N3)no1. The molecule has 0 aromatic carbocycles. The minimum Gasteiger partial charge on any atom is -0.361 e. The molecule has 6 nitrogen and oxygen atoms in total. The van der Waals surface area contributed by atoms with Gasteiger partial charge in [0, 0.05) is 31.6 Å². The van der Waals surface area contributed by atoms with Gasteiger partial charge in [-0.3, -0.25) is 9.59 Å². The number of nitrogens with one attached hydrogen (secondary N) is 1. The third-order valence-electron chi connectivity index (χ3n) is 4.27. The van der Waals surface area contributed by atoms with Gasteiger partial charge in [-0.2, -0.15) is 0 Å². The average Bonchev–Trinajstić information content (AvgIpc) is 2.75. The summed E-state index contributed by atoms with van der Waals surface area (Å²) in [7, 11) is 0. The predicted octanol–water partition coefficient (Wildman–Crippen LogP) is 1.37. The van der Waals surface area contributed by atoms with E-state index in [9.17, 15) is 9.59 Å². The summed E-state index contributed by atoms with van der Waals surface area (Å²) in [6.45, 7) is 3.10. The number of carbonyl (C=O) groups is 2. The van der Waals surface area contributed by atoms with Gasteiger partial charge >= 0.3 is 0 Å². The van der Waals surface area contributed by atoms with Crippen molar-refractivity contribution in [1.82, 2.24) is 15.4 Å². The zero-order valence-electron chi connectivity index (χ0n) is 12.3. The summed E-state index contributed by atoms with van der Waals surface area (Å²) in [5, 5.41) is 6.91. The second kappa shape index (κ2) is 5.87. The number of hydrogen-bond acceptors (Lipinski definition) is 4. The fourth-order valence-corrected chi connectivity index (χ4v) is 3.16. The summed E-state index contributed by atoms with van der Waals surface area (Å²) in [6.07, 6.45) is 4.57. The fourth-order valence-electron chi connectivity index (χ4n) is 3.16. The third kappa shape index (κ3) is 2.94. The first-order valence-corrected chi connectivity index (χ1v) is 7.72. The number of rotatable bonds is 3. The largest absolute Gasteiger partial charge is 0.361 e. The van der Waals surface area contributed by atoms with Crippen LogP contribution in [-0.2, 0) is 11.2 Å². The van der Waals surface area contributed by atoms with Crippen LogP contribution in [0, 0.1) is 5.92 Å². The molecular weight excluding hydrogens is 270 g/mol. The highest BCUT2D eigenvalue weighted by atomic mass is 16.5. The van der Waals surface area contributed by atoms with Gasteiger partial charge in [-0.1, -0.05) is 18.5 Å². The Hall–Kier alpha value is -1.85. The molecule has 6 heteroatoms. The number of aromatic nitrogens is 1. The molecule has 2 saturated heterocycles. The Morgan fingerprint density at radius 2 is 2.33 bits per heavy atom. The van der Waals surface area contributed by atoms with Crippen LogP contribution in [0.2, 0.25) is 0 Å². The molecule has 0 unspecified atom stereocenters. The van der Waals surface area contributed by atoms with E-state index < -0.39 is 0 Å². The van der Waals surface area contributed by atoms with Gasteiger partial charge in [0.05, 0.1) is 5.92 Å². The van der Waals surface area contributed by atoms with Crippen molar-refractivity contribution in [1.29, 1.82) is 0 Å². The Morgan fingerprint density at radius 3 is 3.14 bits per heavy atom. The van der Waals surface area contributed by atoms with E-state index in [4.69, 9.17) is 4.52 Å². The number of fused-ring (bicyclic) bond motifs is 3. The Morgan fingerprint density at radius 1 is 1.48 bits per heavy atom. The quantitative estimate of drug-likeness (QED) is 0.912. The lowest BCUT2D eigenvalue weighted by molar-refractivity contribution is -0.124. The van der Waals surface area contributed by atoms with Crippen LogP contribution in [0.3, 0.4) is 0 Å². The molecule has 1 aromatic heterocycles. The zero-order valence-corrected chi connectivity index (χ0v) is 12.3. The first kappa shape index (κ1) is 14.1. The first-order valence-electron chi connectivity index (χ1n) is 7.72. The van der Waals surface area contributed by atoms with Gasteiger partial charge in [0.15, 0.2) is 5.69 Å². The Bertz CT molecular complexity index is 540. The molecule has 2 aliphatic heterocycles. The normalized spacial score (nSPS) is 25.4. The van der Waals surface area contributed by atoms with Crippen LogP contribution in [-0.4, -0.2) is 41.0 Å². The van der Waals surface area contributed by atoms with Gasteiger partial charge < -0.3 is 14.7 Å². The molecule has 2 fully saturated rings. The van der Waals surface area contributed by atoms with Gasteiger partial charge in [-0.25, -0.2) is 0 Å². The number of nitrogens with zero attached hydrogens (tertiary/aromatic N) is 2. The highest BCUT2D eigenvalue weighted by Crippen LogP contribution is 2.23. The molecule has 2 bridgehead atoms. The van der Waals surface area contributed by atoms with E-state index in [2.05, 4.69) is 17.4 Å². The third-order valence-corrected chi connectivity index (χ3v) is 4.27. The molecule has 114 valence electrons. The van der Waals surface area contributed by atoms with Crippen LogP contribution in [0.1, 0.15) is 48.9 Å². The lowest BCUT2D eigenvalue weighted by Gasteiger charge is -2.26. The minimum absolute atomic E-state index is 0.0657. The molecule has 3 rings (SSSR count). The van der Waals surface area contributed by atoms with Crippen molar-refractivity contribution < 1.29 is 14.1 Å². The smallest absolute Gasteiger partial charge is 0.276 e. The van der Waals surface area contributed by atoms with Gasteiger partial charge in [-0.05, 0) is 19.3 Å². The molecule has 0 spiro atoms. The first-order chi connectivity index (χ1) is 10.2. The highest BCUT2D eigenvalue weighted by Gasteiger charge is 2.35. The molecule has 2 aliphatic rings. The minimum atomic E-state index is -0.130. The summed E-state index contributed by atoms with van der Waals surface area (Å²) in [5.41, 5.74) is 0.353. The maximum absolute atomic E-state index is 12.6. The van der Waals surface area contributed by atoms with Crippen LogP contribution in [0.25, 0.3) is 0 Å². The Kier molecular flexibility index (Phi) is 3.94. The fraction of sp³-hybridized carbons (Fsp3) is 0.667. The molecule has 0 aliphatic carbocycles. The average molecular weight is 291 g/mol. The van der Waals surface area contributed by atoms with Crippen LogP contribution in [0.5, 0.6) is 0 Å². The van der Waals surface area contributed by atoms with Gasteiger partial charge in [0.2, 0.25) is 5.91 Å². The van der Waals surface area contributed by atoms with Crippen LogP contribution < -0.4 is 5.32 Å². The lowest BCUT2D eigenvalue weighted by Crippen LogP contribution is -2.41. The van der Waals surface area contributed by atoms with Gasteiger partial charge in [0.25, 0.3) is 5.91 Å². The van der Waals surface area contributed by atoms with Gasteiger partial charge in [0.1, 0.15) is 5.76 Å². The molecular formula is C15H21N3O3.